The fourth-order valence-electron chi connectivity index (χ4n) is 3.61. The minimum atomic E-state index is -0.537. The SMILES string of the molecule is COCC(=O)N1CCCN(C(=O)[C@H]2CC(=O)Nc3ccc(OC)cc32)CC1. The molecule has 1 N–H and O–H groups in total. The molecule has 0 aromatic heterocycles. The van der Waals surface area contributed by atoms with Crippen LogP contribution in [0.4, 0.5) is 5.69 Å². The lowest BCUT2D eigenvalue weighted by Gasteiger charge is -2.30. The van der Waals surface area contributed by atoms with Crippen molar-refractivity contribution in [1.29, 1.82) is 0 Å². The molecule has 0 radical (unpaired) electrons. The van der Waals surface area contributed by atoms with Crippen LogP contribution in [0.3, 0.4) is 0 Å². The highest BCUT2D eigenvalue weighted by atomic mass is 16.5. The second-order valence-electron chi connectivity index (χ2n) is 6.75. The van der Waals surface area contributed by atoms with Crippen molar-refractivity contribution in [3.8, 4) is 5.75 Å². The highest BCUT2D eigenvalue weighted by Gasteiger charge is 2.34. The summed E-state index contributed by atoms with van der Waals surface area (Å²) in [5.41, 5.74) is 1.42. The summed E-state index contributed by atoms with van der Waals surface area (Å²) in [5.74, 6) is -0.211. The number of carbonyl (C=O) groups excluding carboxylic acids is 3. The molecule has 2 aliphatic heterocycles. The predicted octanol–water partition coefficient (Wildman–Crippen LogP) is 0.828. The van der Waals surface area contributed by atoms with E-state index in [0.717, 1.165) is 5.56 Å². The van der Waals surface area contributed by atoms with Crippen LogP contribution < -0.4 is 10.1 Å². The first kappa shape index (κ1) is 19.2. The summed E-state index contributed by atoms with van der Waals surface area (Å²) in [6, 6.07) is 5.33. The van der Waals surface area contributed by atoms with Crippen molar-refractivity contribution in [3.05, 3.63) is 23.8 Å². The van der Waals surface area contributed by atoms with Crippen LogP contribution in [0.25, 0.3) is 0 Å². The predicted molar refractivity (Wildman–Crippen MR) is 98.6 cm³/mol. The van der Waals surface area contributed by atoms with Crippen LogP contribution in [0.5, 0.6) is 5.75 Å². The van der Waals surface area contributed by atoms with Gasteiger partial charge in [0.1, 0.15) is 12.4 Å². The molecule has 0 saturated carbocycles. The van der Waals surface area contributed by atoms with Gasteiger partial charge in [-0.3, -0.25) is 14.4 Å². The molecule has 3 amide bonds. The van der Waals surface area contributed by atoms with Crippen LogP contribution in [0.2, 0.25) is 0 Å². The molecule has 0 unspecified atom stereocenters. The van der Waals surface area contributed by atoms with Crippen LogP contribution in [-0.2, 0) is 19.1 Å². The van der Waals surface area contributed by atoms with Crippen LogP contribution in [0.1, 0.15) is 24.3 Å². The maximum absolute atomic E-state index is 13.2. The van der Waals surface area contributed by atoms with Crippen LogP contribution >= 0.6 is 0 Å². The van der Waals surface area contributed by atoms with Gasteiger partial charge in [0, 0.05) is 45.4 Å². The van der Waals surface area contributed by atoms with Crippen LogP contribution in [-0.4, -0.2) is 74.5 Å². The van der Waals surface area contributed by atoms with Gasteiger partial charge in [0.15, 0.2) is 0 Å². The van der Waals surface area contributed by atoms with E-state index in [-0.39, 0.29) is 30.7 Å². The molecule has 0 bridgehead atoms. The molecule has 1 atom stereocenters. The molecule has 2 heterocycles. The number of methoxy groups -OCH3 is 2. The highest BCUT2D eigenvalue weighted by molar-refractivity contribution is 6.01. The molecule has 1 saturated heterocycles. The molecule has 3 rings (SSSR count). The van der Waals surface area contributed by atoms with E-state index in [9.17, 15) is 14.4 Å². The standard InChI is InChI=1S/C19H25N3O5/c1-26-12-18(24)21-6-3-7-22(9-8-21)19(25)15-11-17(23)20-16-5-4-13(27-2)10-14(15)16/h4-5,10,15H,3,6-9,11-12H2,1-2H3,(H,20,23)/t15-/m0/s1. The largest absolute Gasteiger partial charge is 0.497 e. The third kappa shape index (κ3) is 4.21. The third-order valence-electron chi connectivity index (χ3n) is 5.02. The summed E-state index contributed by atoms with van der Waals surface area (Å²) in [6.45, 7) is 2.13. The number of hydrogen-bond acceptors (Lipinski definition) is 5. The summed E-state index contributed by atoms with van der Waals surface area (Å²) in [4.78, 5) is 40.8. The molecule has 0 aliphatic carbocycles. The van der Waals surface area contributed by atoms with Gasteiger partial charge in [-0.05, 0) is 30.2 Å². The van der Waals surface area contributed by atoms with Gasteiger partial charge in [0.05, 0.1) is 13.0 Å². The van der Waals surface area contributed by atoms with Gasteiger partial charge in [0.2, 0.25) is 17.7 Å². The Morgan fingerprint density at radius 2 is 1.89 bits per heavy atom. The molecule has 146 valence electrons. The maximum atomic E-state index is 13.2. The Hall–Kier alpha value is -2.61. The van der Waals surface area contributed by atoms with Gasteiger partial charge in [-0.1, -0.05) is 0 Å². The molecule has 1 aromatic rings. The van der Waals surface area contributed by atoms with Crippen molar-refractivity contribution in [2.24, 2.45) is 0 Å². The molecule has 2 aliphatic rings. The molecule has 8 heteroatoms. The zero-order chi connectivity index (χ0) is 19.4. The van der Waals surface area contributed by atoms with E-state index in [4.69, 9.17) is 9.47 Å². The summed E-state index contributed by atoms with van der Waals surface area (Å²) < 4.78 is 10.2. The first-order valence-electron chi connectivity index (χ1n) is 9.06. The Labute approximate surface area is 158 Å². The van der Waals surface area contributed by atoms with Crippen molar-refractivity contribution in [2.45, 2.75) is 18.8 Å². The lowest BCUT2D eigenvalue weighted by Crippen LogP contribution is -2.41. The van der Waals surface area contributed by atoms with Crippen molar-refractivity contribution in [3.63, 3.8) is 0 Å². The van der Waals surface area contributed by atoms with Crippen LogP contribution in [0.15, 0.2) is 18.2 Å². The fraction of sp³-hybridized carbons (Fsp3) is 0.526. The maximum Gasteiger partial charge on any atom is 0.248 e. The number of amides is 3. The van der Waals surface area contributed by atoms with Gasteiger partial charge >= 0.3 is 0 Å². The van der Waals surface area contributed by atoms with Gasteiger partial charge < -0.3 is 24.6 Å². The average Bonchev–Trinajstić information content (AvgIpc) is 2.93. The quantitative estimate of drug-likeness (QED) is 0.842. The van der Waals surface area contributed by atoms with Crippen LogP contribution in [0, 0.1) is 0 Å². The summed E-state index contributed by atoms with van der Waals surface area (Å²) in [7, 11) is 3.06. The Morgan fingerprint density at radius 3 is 2.63 bits per heavy atom. The first-order chi connectivity index (χ1) is 13.0. The van der Waals surface area contributed by atoms with E-state index in [2.05, 4.69) is 5.32 Å². The van der Waals surface area contributed by atoms with Gasteiger partial charge in [-0.25, -0.2) is 0 Å². The smallest absolute Gasteiger partial charge is 0.248 e. The second-order valence-corrected chi connectivity index (χ2v) is 6.75. The van der Waals surface area contributed by atoms with E-state index < -0.39 is 5.92 Å². The Morgan fingerprint density at radius 1 is 1.15 bits per heavy atom. The van der Waals surface area contributed by atoms with Crippen molar-refractivity contribution >= 4 is 23.4 Å². The van der Waals surface area contributed by atoms with Crippen molar-refractivity contribution in [1.82, 2.24) is 9.80 Å². The molecule has 1 fully saturated rings. The molecular formula is C19H25N3O5. The number of nitrogens with one attached hydrogen (secondary N) is 1. The van der Waals surface area contributed by atoms with Gasteiger partial charge in [-0.15, -0.1) is 0 Å². The molecular weight excluding hydrogens is 350 g/mol. The van der Waals surface area contributed by atoms with E-state index in [1.807, 2.05) is 6.07 Å². The highest BCUT2D eigenvalue weighted by Crippen LogP contribution is 2.36. The lowest BCUT2D eigenvalue weighted by atomic mass is 9.89. The third-order valence-corrected chi connectivity index (χ3v) is 5.02. The van der Waals surface area contributed by atoms with Crippen molar-refractivity contribution in [2.75, 3.05) is 52.3 Å². The van der Waals surface area contributed by atoms with Crippen molar-refractivity contribution < 1.29 is 23.9 Å². The Kier molecular flexibility index (Phi) is 5.95. The lowest BCUT2D eigenvalue weighted by molar-refractivity contribution is -0.137. The van der Waals surface area contributed by atoms with E-state index in [1.165, 1.54) is 7.11 Å². The number of fused-ring (bicyclic) bond motifs is 1. The summed E-state index contributed by atoms with van der Waals surface area (Å²) in [6.07, 6.45) is 0.812. The zero-order valence-corrected chi connectivity index (χ0v) is 15.7. The molecule has 1 aromatic carbocycles. The number of nitrogens with zero attached hydrogens (tertiary/aromatic N) is 2. The normalized spacial score (nSPS) is 19.8. The molecule has 8 nitrogen and oxygen atoms in total. The topological polar surface area (TPSA) is 88.2 Å². The molecule has 27 heavy (non-hydrogen) atoms. The van der Waals surface area contributed by atoms with Gasteiger partial charge in [-0.2, -0.15) is 0 Å². The fourth-order valence-corrected chi connectivity index (χ4v) is 3.61. The summed E-state index contributed by atoms with van der Waals surface area (Å²) in [5, 5.41) is 2.82. The number of carbonyl (C=O) groups is 3. The number of hydrogen-bond donors (Lipinski definition) is 1. The minimum absolute atomic E-state index is 0.0455. The summed E-state index contributed by atoms with van der Waals surface area (Å²) >= 11 is 0. The monoisotopic (exact) mass is 375 g/mol. The second kappa shape index (κ2) is 8.39. The van der Waals surface area contributed by atoms with E-state index in [1.54, 1.807) is 29.0 Å². The van der Waals surface area contributed by atoms with Gasteiger partial charge in [0.25, 0.3) is 0 Å². The number of benzene rings is 1. The van der Waals surface area contributed by atoms with E-state index >= 15 is 0 Å². The zero-order valence-electron chi connectivity index (χ0n) is 15.7. The Balaban J connectivity index is 1.76. The number of ether oxygens (including phenoxy) is 2. The average molecular weight is 375 g/mol. The number of anilines is 1. The Bertz CT molecular complexity index is 736. The van der Waals surface area contributed by atoms with E-state index in [0.29, 0.717) is 44.0 Å². The molecule has 0 spiro atoms. The first-order valence-corrected chi connectivity index (χ1v) is 9.06. The minimum Gasteiger partial charge on any atom is -0.497 e. The number of rotatable bonds is 4.